The number of amides is 1. The summed E-state index contributed by atoms with van der Waals surface area (Å²) >= 11 is 0. The van der Waals surface area contributed by atoms with Gasteiger partial charge in [-0.15, -0.1) is 0 Å². The number of hydrogen-bond acceptors (Lipinski definition) is 5. The number of anilines is 2. The third kappa shape index (κ3) is 10.5. The van der Waals surface area contributed by atoms with Crippen molar-refractivity contribution in [1.82, 2.24) is 4.98 Å². The lowest BCUT2D eigenvalue weighted by molar-refractivity contribution is -0.145. The fourth-order valence-electron chi connectivity index (χ4n) is 3.68. The summed E-state index contributed by atoms with van der Waals surface area (Å²) in [5.41, 5.74) is 3.85. The minimum atomic E-state index is -0.197. The number of nitrogens with one attached hydrogen (secondary N) is 1. The molecule has 180 valence electrons. The molecule has 6 nitrogen and oxygen atoms in total. The molecular weight excluding hydrogens is 414 g/mol. The predicted octanol–water partition coefficient (Wildman–Crippen LogP) is 5.90. The number of benzene rings is 1. The van der Waals surface area contributed by atoms with Crippen LogP contribution in [0.15, 0.2) is 42.7 Å². The summed E-state index contributed by atoms with van der Waals surface area (Å²) in [5.74, 6) is -0.174. The van der Waals surface area contributed by atoms with Gasteiger partial charge in [0.2, 0.25) is 5.91 Å². The van der Waals surface area contributed by atoms with Gasteiger partial charge in [-0.3, -0.25) is 14.6 Å². The van der Waals surface area contributed by atoms with Crippen LogP contribution in [0.25, 0.3) is 0 Å². The monoisotopic (exact) mass is 453 g/mol. The maximum atomic E-state index is 12.5. The Balaban J connectivity index is 1.69. The van der Waals surface area contributed by atoms with Crippen LogP contribution in [-0.4, -0.2) is 31.0 Å². The summed E-state index contributed by atoms with van der Waals surface area (Å²) in [6, 6.07) is 9.89. The van der Waals surface area contributed by atoms with E-state index in [4.69, 9.17) is 4.74 Å². The van der Waals surface area contributed by atoms with Gasteiger partial charge in [-0.05, 0) is 55.0 Å². The van der Waals surface area contributed by atoms with Crippen molar-refractivity contribution in [3.63, 3.8) is 0 Å². The molecule has 0 fully saturated rings. The highest BCUT2D eigenvalue weighted by atomic mass is 16.5. The Bertz CT molecular complexity index is 853. The molecule has 33 heavy (non-hydrogen) atoms. The molecule has 1 aromatic heterocycles. The van der Waals surface area contributed by atoms with E-state index in [1.807, 2.05) is 62.6 Å². The fraction of sp³-hybridized carbons (Fsp3) is 0.519. The smallest absolute Gasteiger partial charge is 0.306 e. The number of carbonyl (C=O) groups excluding carboxylic acids is 2. The SMILES string of the molecule is CCCC(=O)OCc1ccc(N(C)C)c(NC(=O)CCCCCCCCc2cccnc2)c1. The predicted molar refractivity (Wildman–Crippen MR) is 134 cm³/mol. The second-order valence-electron chi connectivity index (χ2n) is 8.69. The first kappa shape index (κ1) is 26.4. The summed E-state index contributed by atoms with van der Waals surface area (Å²) in [4.78, 5) is 30.3. The van der Waals surface area contributed by atoms with Crippen LogP contribution in [0.3, 0.4) is 0 Å². The van der Waals surface area contributed by atoms with Crippen LogP contribution >= 0.6 is 0 Å². The van der Waals surface area contributed by atoms with Crippen molar-refractivity contribution in [1.29, 1.82) is 0 Å². The van der Waals surface area contributed by atoms with Crippen molar-refractivity contribution in [3.8, 4) is 0 Å². The minimum Gasteiger partial charge on any atom is -0.461 e. The van der Waals surface area contributed by atoms with E-state index < -0.39 is 0 Å². The maximum absolute atomic E-state index is 12.5. The number of pyridine rings is 1. The van der Waals surface area contributed by atoms with Crippen LogP contribution in [0.2, 0.25) is 0 Å². The van der Waals surface area contributed by atoms with Gasteiger partial charge in [0.05, 0.1) is 11.4 Å². The zero-order valence-corrected chi connectivity index (χ0v) is 20.4. The van der Waals surface area contributed by atoms with Gasteiger partial charge in [0, 0.05) is 39.3 Å². The van der Waals surface area contributed by atoms with Gasteiger partial charge in [0.15, 0.2) is 0 Å². The van der Waals surface area contributed by atoms with E-state index in [9.17, 15) is 9.59 Å². The van der Waals surface area contributed by atoms with E-state index in [1.54, 1.807) is 0 Å². The van der Waals surface area contributed by atoms with Crippen LogP contribution < -0.4 is 10.2 Å². The normalized spacial score (nSPS) is 10.6. The number of nitrogens with zero attached hydrogens (tertiary/aromatic N) is 2. The van der Waals surface area contributed by atoms with Crippen LogP contribution in [0.1, 0.15) is 75.8 Å². The van der Waals surface area contributed by atoms with Gasteiger partial charge < -0.3 is 15.0 Å². The van der Waals surface area contributed by atoms with E-state index in [0.29, 0.717) is 12.8 Å². The van der Waals surface area contributed by atoms with Gasteiger partial charge >= 0.3 is 5.97 Å². The van der Waals surface area contributed by atoms with Gasteiger partial charge in [0.1, 0.15) is 6.61 Å². The zero-order valence-electron chi connectivity index (χ0n) is 20.4. The molecule has 2 rings (SSSR count). The van der Waals surface area contributed by atoms with Crippen LogP contribution in [-0.2, 0) is 27.4 Å². The van der Waals surface area contributed by atoms with Gasteiger partial charge in [-0.2, -0.15) is 0 Å². The van der Waals surface area contributed by atoms with Crippen molar-refractivity contribution in [3.05, 3.63) is 53.9 Å². The Hall–Kier alpha value is -2.89. The number of aromatic nitrogens is 1. The van der Waals surface area contributed by atoms with Crippen LogP contribution in [0.4, 0.5) is 11.4 Å². The third-order valence-electron chi connectivity index (χ3n) is 5.51. The standard InChI is InChI=1S/C27H39N3O3/c1-4-12-27(32)33-21-23-16-17-25(30(2)3)24(19-23)29-26(31)15-10-8-6-5-7-9-13-22-14-11-18-28-20-22/h11,14,16-20H,4-10,12-13,15,21H2,1-3H3,(H,29,31). The van der Waals surface area contributed by atoms with E-state index in [0.717, 1.165) is 49.0 Å². The molecule has 6 heteroatoms. The average Bonchev–Trinajstić information content (AvgIpc) is 2.80. The zero-order chi connectivity index (χ0) is 23.9. The average molecular weight is 454 g/mol. The lowest BCUT2D eigenvalue weighted by atomic mass is 10.1. The van der Waals surface area contributed by atoms with Crippen molar-refractivity contribution in [2.75, 3.05) is 24.3 Å². The molecule has 0 spiro atoms. The Kier molecular flexibility index (Phi) is 12.0. The summed E-state index contributed by atoms with van der Waals surface area (Å²) in [6.45, 7) is 2.17. The molecule has 0 radical (unpaired) electrons. The number of esters is 1. The molecule has 0 saturated carbocycles. The first-order chi connectivity index (χ1) is 16.0. The van der Waals surface area contributed by atoms with E-state index in [1.165, 1.54) is 24.8 Å². The van der Waals surface area contributed by atoms with Crippen molar-refractivity contribution >= 4 is 23.3 Å². The molecule has 0 atom stereocenters. The lowest BCUT2D eigenvalue weighted by Gasteiger charge is -2.19. The number of aryl methyl sites for hydroxylation is 1. The summed E-state index contributed by atoms with van der Waals surface area (Å²) in [5, 5.41) is 3.05. The third-order valence-corrected chi connectivity index (χ3v) is 5.51. The molecule has 0 unspecified atom stereocenters. The Morgan fingerprint density at radius 2 is 1.73 bits per heavy atom. The van der Waals surface area contributed by atoms with Gasteiger partial charge in [-0.25, -0.2) is 0 Å². The Morgan fingerprint density at radius 3 is 2.42 bits per heavy atom. The molecule has 1 N–H and O–H groups in total. The van der Waals surface area contributed by atoms with Crippen LogP contribution in [0, 0.1) is 0 Å². The summed E-state index contributed by atoms with van der Waals surface area (Å²) in [7, 11) is 3.89. The lowest BCUT2D eigenvalue weighted by Crippen LogP contribution is -2.17. The number of hydrogen-bond donors (Lipinski definition) is 1. The fourth-order valence-corrected chi connectivity index (χ4v) is 3.68. The first-order valence-electron chi connectivity index (χ1n) is 12.1. The number of rotatable bonds is 15. The van der Waals surface area contributed by atoms with Gasteiger partial charge in [-0.1, -0.05) is 44.7 Å². The number of unbranched alkanes of at least 4 members (excludes halogenated alkanes) is 5. The quantitative estimate of drug-likeness (QED) is 0.268. The highest BCUT2D eigenvalue weighted by Crippen LogP contribution is 2.26. The Morgan fingerprint density at radius 1 is 0.970 bits per heavy atom. The van der Waals surface area contributed by atoms with Crippen molar-refractivity contribution in [2.24, 2.45) is 0 Å². The summed E-state index contributed by atoms with van der Waals surface area (Å²) in [6.07, 6.45) is 13.2. The molecule has 1 aromatic carbocycles. The highest BCUT2D eigenvalue weighted by Gasteiger charge is 2.11. The van der Waals surface area contributed by atoms with Crippen molar-refractivity contribution < 1.29 is 14.3 Å². The first-order valence-corrected chi connectivity index (χ1v) is 12.1. The van der Waals surface area contributed by atoms with Gasteiger partial charge in [0.25, 0.3) is 0 Å². The van der Waals surface area contributed by atoms with E-state index >= 15 is 0 Å². The molecule has 0 aliphatic carbocycles. The number of carbonyl (C=O) groups is 2. The molecule has 0 aliphatic rings. The molecule has 0 saturated heterocycles. The Labute approximate surface area is 198 Å². The molecule has 1 heterocycles. The van der Waals surface area contributed by atoms with Crippen molar-refractivity contribution in [2.45, 2.75) is 77.7 Å². The molecule has 0 bridgehead atoms. The van der Waals surface area contributed by atoms with E-state index in [2.05, 4.69) is 16.4 Å². The molecule has 1 amide bonds. The van der Waals surface area contributed by atoms with Crippen LogP contribution in [0.5, 0.6) is 0 Å². The maximum Gasteiger partial charge on any atom is 0.306 e. The summed E-state index contributed by atoms with van der Waals surface area (Å²) < 4.78 is 5.31. The second kappa shape index (κ2) is 15.0. The number of ether oxygens (including phenoxy) is 1. The topological polar surface area (TPSA) is 71.5 Å². The molecular formula is C27H39N3O3. The molecule has 2 aromatic rings. The molecule has 0 aliphatic heterocycles. The van der Waals surface area contributed by atoms with E-state index in [-0.39, 0.29) is 18.5 Å². The minimum absolute atomic E-state index is 0.0230. The second-order valence-corrected chi connectivity index (χ2v) is 8.69. The largest absolute Gasteiger partial charge is 0.461 e. The highest BCUT2D eigenvalue weighted by molar-refractivity contribution is 5.94.